The summed E-state index contributed by atoms with van der Waals surface area (Å²) in [4.78, 5) is 7.26. The zero-order valence-corrected chi connectivity index (χ0v) is 16.2. The van der Waals surface area contributed by atoms with E-state index < -0.39 is 0 Å². The molecule has 0 spiro atoms. The molecule has 26 heavy (non-hydrogen) atoms. The fourth-order valence-corrected chi connectivity index (χ4v) is 4.20. The van der Waals surface area contributed by atoms with Crippen molar-refractivity contribution in [1.82, 2.24) is 24.2 Å². The smallest absolute Gasteiger partial charge is 0.124 e. The summed E-state index contributed by atoms with van der Waals surface area (Å²) in [5, 5.41) is 5.01. The van der Waals surface area contributed by atoms with Crippen LogP contribution in [-0.4, -0.2) is 43.4 Å². The summed E-state index contributed by atoms with van der Waals surface area (Å²) in [7, 11) is 1.94. The Hall–Kier alpha value is -1.89. The quantitative estimate of drug-likeness (QED) is 0.764. The van der Waals surface area contributed by atoms with Gasteiger partial charge in [0.1, 0.15) is 5.82 Å². The minimum Gasteiger partial charge on any atom is -0.326 e. The van der Waals surface area contributed by atoms with Crippen LogP contribution in [-0.2, 0) is 13.6 Å². The number of fused-ring (bicyclic) bond motifs is 1. The van der Waals surface area contributed by atoms with Crippen LogP contribution in [0.2, 0.25) is 5.02 Å². The van der Waals surface area contributed by atoms with Gasteiger partial charge in [0.2, 0.25) is 0 Å². The molecule has 2 aromatic heterocycles. The lowest BCUT2D eigenvalue weighted by molar-refractivity contribution is 0.307. The van der Waals surface area contributed by atoms with Crippen LogP contribution in [0.1, 0.15) is 37.2 Å². The summed E-state index contributed by atoms with van der Waals surface area (Å²) in [6.07, 6.45) is 4.00. The highest BCUT2D eigenvalue weighted by Crippen LogP contribution is 2.29. The molecule has 0 unspecified atom stereocenters. The molecule has 3 aromatic rings. The summed E-state index contributed by atoms with van der Waals surface area (Å²) in [5.41, 5.74) is 9.73. The highest BCUT2D eigenvalue weighted by Gasteiger charge is 2.33. The predicted molar refractivity (Wildman–Crippen MR) is 104 cm³/mol. The van der Waals surface area contributed by atoms with Crippen molar-refractivity contribution in [1.29, 1.82) is 0 Å². The van der Waals surface area contributed by atoms with Crippen molar-refractivity contribution < 1.29 is 0 Å². The maximum Gasteiger partial charge on any atom is 0.124 e. The fourth-order valence-electron chi connectivity index (χ4n) is 4.04. The first-order valence-electron chi connectivity index (χ1n) is 9.05. The molecule has 138 valence electrons. The van der Waals surface area contributed by atoms with E-state index in [4.69, 9.17) is 22.3 Å². The Labute approximate surface area is 158 Å². The summed E-state index contributed by atoms with van der Waals surface area (Å²) in [6, 6.07) is 6.38. The van der Waals surface area contributed by atoms with E-state index in [1.54, 1.807) is 0 Å². The molecule has 3 heterocycles. The van der Waals surface area contributed by atoms with Crippen molar-refractivity contribution in [3.8, 4) is 0 Å². The molecular formula is C19H25ClN6. The Morgan fingerprint density at radius 1 is 1.31 bits per heavy atom. The van der Waals surface area contributed by atoms with E-state index in [2.05, 4.69) is 40.7 Å². The maximum absolute atomic E-state index is 6.43. The summed E-state index contributed by atoms with van der Waals surface area (Å²) in [6.45, 7) is 6.95. The van der Waals surface area contributed by atoms with Crippen molar-refractivity contribution in [3.05, 3.63) is 47.0 Å². The number of nitrogens with two attached hydrogens (primary N) is 1. The lowest BCUT2D eigenvalue weighted by atomic mass is 9.98. The van der Waals surface area contributed by atoms with Gasteiger partial charge in [0.05, 0.1) is 23.8 Å². The highest BCUT2D eigenvalue weighted by atomic mass is 35.5. The number of halogens is 1. The van der Waals surface area contributed by atoms with Crippen molar-refractivity contribution in [2.75, 3.05) is 13.1 Å². The number of rotatable bonds is 4. The van der Waals surface area contributed by atoms with Crippen LogP contribution in [0.15, 0.2) is 30.6 Å². The molecule has 0 aliphatic carbocycles. The summed E-state index contributed by atoms with van der Waals surface area (Å²) in [5.74, 6) is 1.38. The average Bonchev–Trinajstić information content (AvgIpc) is 3.24. The first kappa shape index (κ1) is 17.5. The second-order valence-electron chi connectivity index (χ2n) is 7.54. The standard InChI is InChI=1S/C19H25ClN6/c1-12(2)26-18-5-4-14(20)6-17(18)23-19(26)11-25-9-15(16(21)10-25)13-7-22-24(3)8-13/h4-8,12,15-16H,9-11,21H2,1-3H3/t15-,16+/m0/s1. The van der Waals surface area contributed by atoms with Crippen molar-refractivity contribution >= 4 is 22.6 Å². The van der Waals surface area contributed by atoms with Crippen LogP contribution in [0, 0.1) is 0 Å². The fraction of sp³-hybridized carbons (Fsp3) is 0.474. The largest absolute Gasteiger partial charge is 0.326 e. The van der Waals surface area contributed by atoms with Gasteiger partial charge in [0.25, 0.3) is 0 Å². The second kappa shape index (κ2) is 6.68. The molecule has 1 saturated heterocycles. The van der Waals surface area contributed by atoms with Gasteiger partial charge in [-0.05, 0) is 37.6 Å². The number of hydrogen-bond acceptors (Lipinski definition) is 4. The lowest BCUT2D eigenvalue weighted by Crippen LogP contribution is -2.29. The molecule has 2 atom stereocenters. The van der Waals surface area contributed by atoms with E-state index in [9.17, 15) is 0 Å². The van der Waals surface area contributed by atoms with E-state index in [-0.39, 0.29) is 6.04 Å². The monoisotopic (exact) mass is 372 g/mol. The van der Waals surface area contributed by atoms with Crippen LogP contribution >= 0.6 is 11.6 Å². The molecule has 0 radical (unpaired) electrons. The second-order valence-corrected chi connectivity index (χ2v) is 7.97. The zero-order valence-electron chi connectivity index (χ0n) is 15.4. The molecule has 1 aliphatic rings. The molecule has 6 nitrogen and oxygen atoms in total. The van der Waals surface area contributed by atoms with E-state index >= 15 is 0 Å². The lowest BCUT2D eigenvalue weighted by Gasteiger charge is -2.18. The van der Waals surface area contributed by atoms with Crippen LogP contribution in [0.5, 0.6) is 0 Å². The average molecular weight is 373 g/mol. The predicted octanol–water partition coefficient (Wildman–Crippen LogP) is 2.93. The number of nitrogens with zero attached hydrogens (tertiary/aromatic N) is 5. The van der Waals surface area contributed by atoms with Gasteiger partial charge >= 0.3 is 0 Å². The molecule has 4 rings (SSSR count). The Balaban J connectivity index is 1.60. The Morgan fingerprint density at radius 2 is 2.12 bits per heavy atom. The molecule has 1 fully saturated rings. The van der Waals surface area contributed by atoms with Gasteiger partial charge in [-0.25, -0.2) is 4.98 Å². The van der Waals surface area contributed by atoms with E-state index in [0.717, 1.165) is 41.5 Å². The Morgan fingerprint density at radius 3 is 2.81 bits per heavy atom. The van der Waals surface area contributed by atoms with E-state index in [0.29, 0.717) is 12.0 Å². The Bertz CT molecular complexity index is 927. The minimum absolute atomic E-state index is 0.116. The van der Waals surface area contributed by atoms with Crippen LogP contribution in [0.25, 0.3) is 11.0 Å². The van der Waals surface area contributed by atoms with Gasteiger partial charge in [-0.3, -0.25) is 9.58 Å². The van der Waals surface area contributed by atoms with E-state index in [1.807, 2.05) is 30.1 Å². The molecule has 7 heteroatoms. The molecule has 1 aliphatic heterocycles. The third-order valence-corrected chi connectivity index (χ3v) is 5.43. The number of benzene rings is 1. The van der Waals surface area contributed by atoms with Gasteiger partial charge in [-0.15, -0.1) is 0 Å². The van der Waals surface area contributed by atoms with Crippen molar-refractivity contribution in [3.63, 3.8) is 0 Å². The topological polar surface area (TPSA) is 64.9 Å². The van der Waals surface area contributed by atoms with Gasteiger partial charge in [-0.2, -0.15) is 5.10 Å². The highest BCUT2D eigenvalue weighted by molar-refractivity contribution is 6.31. The molecule has 0 amide bonds. The number of imidazole rings is 1. The molecule has 0 bridgehead atoms. The van der Waals surface area contributed by atoms with Crippen molar-refractivity contribution in [2.24, 2.45) is 12.8 Å². The number of aryl methyl sites for hydroxylation is 1. The third kappa shape index (κ3) is 3.13. The molecule has 2 N–H and O–H groups in total. The van der Waals surface area contributed by atoms with Crippen LogP contribution in [0.3, 0.4) is 0 Å². The summed E-state index contributed by atoms with van der Waals surface area (Å²) < 4.78 is 4.14. The zero-order chi connectivity index (χ0) is 18.4. The van der Waals surface area contributed by atoms with Gasteiger partial charge in [0.15, 0.2) is 0 Å². The minimum atomic E-state index is 0.116. The molecule has 1 aromatic carbocycles. The van der Waals surface area contributed by atoms with Crippen LogP contribution < -0.4 is 5.73 Å². The first-order chi connectivity index (χ1) is 12.4. The normalized spacial score (nSPS) is 21.3. The van der Waals surface area contributed by atoms with Gasteiger partial charge in [0, 0.05) is 49.4 Å². The number of likely N-dealkylation sites (tertiary alicyclic amines) is 1. The van der Waals surface area contributed by atoms with Gasteiger partial charge in [-0.1, -0.05) is 11.6 Å². The number of hydrogen-bond donors (Lipinski definition) is 1. The third-order valence-electron chi connectivity index (χ3n) is 5.20. The van der Waals surface area contributed by atoms with Crippen LogP contribution in [0.4, 0.5) is 0 Å². The molecule has 0 saturated carbocycles. The first-order valence-corrected chi connectivity index (χ1v) is 9.43. The van der Waals surface area contributed by atoms with E-state index in [1.165, 1.54) is 5.56 Å². The molecular weight excluding hydrogens is 348 g/mol. The summed E-state index contributed by atoms with van der Waals surface area (Å²) >= 11 is 6.15. The maximum atomic E-state index is 6.43. The number of aromatic nitrogens is 4. The Kier molecular flexibility index (Phi) is 4.50. The van der Waals surface area contributed by atoms with Gasteiger partial charge < -0.3 is 10.3 Å². The SMILES string of the molecule is CC(C)n1c(CN2C[C@@H](N)[C@H](c3cnn(C)c3)C2)nc2cc(Cl)ccc21. The van der Waals surface area contributed by atoms with Crippen molar-refractivity contribution in [2.45, 2.75) is 38.4 Å².